The van der Waals surface area contributed by atoms with E-state index in [1.54, 1.807) is 7.05 Å². The van der Waals surface area contributed by atoms with Gasteiger partial charge in [-0.3, -0.25) is 4.79 Å². The van der Waals surface area contributed by atoms with E-state index in [1.807, 2.05) is 6.92 Å². The van der Waals surface area contributed by atoms with Crippen LogP contribution in [0.5, 0.6) is 5.75 Å². The standard InChI is InChI=1S/C20H29F3N4O2.HI/c1-3-25-19(27-11-8-15(9-12-27)14-18(28)24-2)26-10-13-29-17-6-4-16(5-7-17)20(21,22)23;/h4-7,15H,3,8-14H2,1-2H3,(H,24,28)(H,25,26);1H. The van der Waals surface area contributed by atoms with Crippen LogP contribution in [0.2, 0.25) is 0 Å². The van der Waals surface area contributed by atoms with Gasteiger partial charge >= 0.3 is 6.18 Å². The number of ether oxygens (including phenoxy) is 1. The van der Waals surface area contributed by atoms with E-state index in [-0.39, 0.29) is 36.5 Å². The van der Waals surface area contributed by atoms with Crippen LogP contribution in [-0.2, 0) is 11.0 Å². The molecule has 0 aliphatic carbocycles. The summed E-state index contributed by atoms with van der Waals surface area (Å²) in [6.07, 6.45) is -1.93. The van der Waals surface area contributed by atoms with E-state index in [2.05, 4.69) is 20.5 Å². The molecular weight excluding hydrogens is 512 g/mol. The first-order valence-corrected chi connectivity index (χ1v) is 9.87. The third-order valence-electron chi connectivity index (χ3n) is 4.81. The highest BCUT2D eigenvalue weighted by Crippen LogP contribution is 2.30. The summed E-state index contributed by atoms with van der Waals surface area (Å²) in [5, 5.41) is 5.92. The number of amides is 1. The average Bonchev–Trinajstić information content (AvgIpc) is 2.70. The lowest BCUT2D eigenvalue weighted by molar-refractivity contribution is -0.137. The lowest BCUT2D eigenvalue weighted by Gasteiger charge is -2.34. The number of hydrogen-bond donors (Lipinski definition) is 2. The Hall–Kier alpha value is -1.72. The number of rotatable bonds is 7. The zero-order chi connectivity index (χ0) is 21.3. The Morgan fingerprint density at radius 2 is 1.87 bits per heavy atom. The second kappa shape index (κ2) is 12.9. The summed E-state index contributed by atoms with van der Waals surface area (Å²) >= 11 is 0. The van der Waals surface area contributed by atoms with Crippen LogP contribution in [0.15, 0.2) is 29.3 Å². The van der Waals surface area contributed by atoms with Gasteiger partial charge in [-0.2, -0.15) is 13.2 Å². The van der Waals surface area contributed by atoms with Gasteiger partial charge in [-0.25, -0.2) is 4.99 Å². The highest BCUT2D eigenvalue weighted by atomic mass is 127. The number of nitrogens with one attached hydrogen (secondary N) is 2. The molecule has 1 amide bonds. The summed E-state index contributed by atoms with van der Waals surface area (Å²) in [5.74, 6) is 1.64. The smallest absolute Gasteiger partial charge is 0.416 e. The predicted molar refractivity (Wildman–Crippen MR) is 121 cm³/mol. The fourth-order valence-corrected chi connectivity index (χ4v) is 3.19. The maximum Gasteiger partial charge on any atom is 0.416 e. The summed E-state index contributed by atoms with van der Waals surface area (Å²) in [4.78, 5) is 18.3. The summed E-state index contributed by atoms with van der Waals surface area (Å²) in [6, 6.07) is 4.64. The van der Waals surface area contributed by atoms with Gasteiger partial charge in [-0.1, -0.05) is 0 Å². The molecule has 2 rings (SSSR count). The number of guanidine groups is 1. The topological polar surface area (TPSA) is 66.0 Å². The van der Waals surface area contributed by atoms with Crippen LogP contribution >= 0.6 is 24.0 Å². The van der Waals surface area contributed by atoms with Gasteiger partial charge in [0.25, 0.3) is 0 Å². The molecule has 30 heavy (non-hydrogen) atoms. The normalized spacial score (nSPS) is 15.4. The molecule has 1 fully saturated rings. The molecule has 1 aliphatic rings. The van der Waals surface area contributed by atoms with E-state index in [1.165, 1.54) is 12.1 Å². The molecular formula is C20H30F3IN4O2. The van der Waals surface area contributed by atoms with Crippen molar-refractivity contribution in [2.75, 3.05) is 39.8 Å². The van der Waals surface area contributed by atoms with Crippen molar-refractivity contribution in [2.24, 2.45) is 10.9 Å². The average molecular weight is 542 g/mol. The Balaban J connectivity index is 0.00000450. The second-order valence-electron chi connectivity index (χ2n) is 6.91. The summed E-state index contributed by atoms with van der Waals surface area (Å²) in [5.41, 5.74) is -0.697. The first-order chi connectivity index (χ1) is 13.8. The summed E-state index contributed by atoms with van der Waals surface area (Å²) in [7, 11) is 1.65. The van der Waals surface area contributed by atoms with Crippen LogP contribution in [0.25, 0.3) is 0 Å². The van der Waals surface area contributed by atoms with E-state index < -0.39 is 11.7 Å². The summed E-state index contributed by atoms with van der Waals surface area (Å²) in [6.45, 7) is 5.04. The Morgan fingerprint density at radius 1 is 1.23 bits per heavy atom. The molecule has 1 aliphatic heterocycles. The molecule has 1 heterocycles. The monoisotopic (exact) mass is 542 g/mol. The molecule has 0 spiro atoms. The highest BCUT2D eigenvalue weighted by Gasteiger charge is 2.30. The Labute approximate surface area is 192 Å². The van der Waals surface area contributed by atoms with Crippen molar-refractivity contribution < 1.29 is 22.7 Å². The number of aliphatic imine (C=N–C) groups is 1. The Morgan fingerprint density at radius 3 is 2.40 bits per heavy atom. The second-order valence-corrected chi connectivity index (χ2v) is 6.91. The molecule has 0 saturated carbocycles. The molecule has 170 valence electrons. The van der Waals surface area contributed by atoms with E-state index in [9.17, 15) is 18.0 Å². The van der Waals surface area contributed by atoms with Crippen LogP contribution in [0.4, 0.5) is 13.2 Å². The van der Waals surface area contributed by atoms with E-state index in [0.29, 0.717) is 24.6 Å². The lowest BCUT2D eigenvalue weighted by atomic mass is 9.93. The van der Waals surface area contributed by atoms with Crippen LogP contribution in [0.3, 0.4) is 0 Å². The number of benzene rings is 1. The zero-order valence-electron chi connectivity index (χ0n) is 17.3. The van der Waals surface area contributed by atoms with Gasteiger partial charge < -0.3 is 20.3 Å². The fourth-order valence-electron chi connectivity index (χ4n) is 3.19. The minimum Gasteiger partial charge on any atom is -0.492 e. The molecule has 0 bridgehead atoms. The van der Waals surface area contributed by atoms with E-state index >= 15 is 0 Å². The van der Waals surface area contributed by atoms with Gasteiger partial charge in [0.1, 0.15) is 12.4 Å². The largest absolute Gasteiger partial charge is 0.492 e. The quantitative estimate of drug-likeness (QED) is 0.240. The van der Waals surface area contributed by atoms with Gasteiger partial charge in [-0.05, 0) is 49.9 Å². The molecule has 10 heteroatoms. The minimum absolute atomic E-state index is 0. The predicted octanol–water partition coefficient (Wildman–Crippen LogP) is 3.52. The number of alkyl halides is 3. The van der Waals surface area contributed by atoms with Gasteiger partial charge in [0, 0.05) is 33.1 Å². The van der Waals surface area contributed by atoms with Crippen molar-refractivity contribution in [2.45, 2.75) is 32.4 Å². The molecule has 0 unspecified atom stereocenters. The number of hydrogen-bond acceptors (Lipinski definition) is 3. The van der Waals surface area contributed by atoms with Gasteiger partial charge in [0.2, 0.25) is 5.91 Å². The maximum absolute atomic E-state index is 12.6. The number of halogens is 4. The molecule has 0 aromatic heterocycles. The van der Waals surface area contributed by atoms with Crippen LogP contribution in [0.1, 0.15) is 31.7 Å². The zero-order valence-corrected chi connectivity index (χ0v) is 19.6. The van der Waals surface area contributed by atoms with E-state index in [0.717, 1.165) is 50.6 Å². The first kappa shape index (κ1) is 26.3. The van der Waals surface area contributed by atoms with Crippen molar-refractivity contribution in [1.82, 2.24) is 15.5 Å². The van der Waals surface area contributed by atoms with Crippen LogP contribution in [-0.4, -0.2) is 56.6 Å². The summed E-state index contributed by atoms with van der Waals surface area (Å²) < 4.78 is 43.2. The molecule has 1 saturated heterocycles. The number of piperidine rings is 1. The van der Waals surface area contributed by atoms with Crippen molar-refractivity contribution in [3.05, 3.63) is 29.8 Å². The third-order valence-corrected chi connectivity index (χ3v) is 4.81. The molecule has 2 N–H and O–H groups in total. The minimum atomic E-state index is -4.35. The van der Waals surface area contributed by atoms with Gasteiger partial charge in [-0.15, -0.1) is 24.0 Å². The van der Waals surface area contributed by atoms with Crippen molar-refractivity contribution in [3.8, 4) is 5.75 Å². The van der Waals surface area contributed by atoms with Crippen molar-refractivity contribution in [1.29, 1.82) is 0 Å². The highest BCUT2D eigenvalue weighted by molar-refractivity contribution is 14.0. The number of nitrogens with zero attached hydrogens (tertiary/aromatic N) is 2. The lowest BCUT2D eigenvalue weighted by Crippen LogP contribution is -2.46. The third kappa shape index (κ3) is 8.57. The molecule has 1 aromatic rings. The fraction of sp³-hybridized carbons (Fsp3) is 0.600. The number of carbonyl (C=O) groups excluding carboxylic acids is 1. The Bertz CT molecular complexity index is 676. The van der Waals surface area contributed by atoms with Crippen molar-refractivity contribution in [3.63, 3.8) is 0 Å². The number of likely N-dealkylation sites (tertiary alicyclic amines) is 1. The van der Waals surface area contributed by atoms with E-state index in [4.69, 9.17) is 4.74 Å². The molecule has 1 aromatic carbocycles. The van der Waals surface area contributed by atoms with Crippen LogP contribution < -0.4 is 15.4 Å². The first-order valence-electron chi connectivity index (χ1n) is 9.87. The SMILES string of the molecule is CCNC(=NCCOc1ccc(C(F)(F)F)cc1)N1CCC(CC(=O)NC)CC1.I. The maximum atomic E-state index is 12.6. The van der Waals surface area contributed by atoms with Gasteiger partial charge in [0.15, 0.2) is 5.96 Å². The number of carbonyl (C=O) groups is 1. The van der Waals surface area contributed by atoms with Crippen LogP contribution in [0, 0.1) is 5.92 Å². The van der Waals surface area contributed by atoms with Crippen molar-refractivity contribution >= 4 is 35.8 Å². The van der Waals surface area contributed by atoms with Gasteiger partial charge in [0.05, 0.1) is 12.1 Å². The Kier molecular flexibility index (Phi) is 11.3. The molecule has 0 atom stereocenters. The molecule has 0 radical (unpaired) electrons. The molecule has 6 nitrogen and oxygen atoms in total.